The van der Waals surface area contributed by atoms with Crippen LogP contribution in [-0.2, 0) is 0 Å². The summed E-state index contributed by atoms with van der Waals surface area (Å²) >= 11 is 0. The van der Waals surface area contributed by atoms with E-state index in [2.05, 4.69) is 19.9 Å². The van der Waals surface area contributed by atoms with Gasteiger partial charge < -0.3 is 4.74 Å². The van der Waals surface area contributed by atoms with Crippen molar-refractivity contribution in [3.05, 3.63) is 36.8 Å². The number of likely N-dealkylation sites (tertiary alicyclic amines) is 1. The summed E-state index contributed by atoms with van der Waals surface area (Å²) in [6.45, 7) is 4.00. The fourth-order valence-electron chi connectivity index (χ4n) is 2.32. The van der Waals surface area contributed by atoms with E-state index in [0.29, 0.717) is 12.5 Å². The van der Waals surface area contributed by atoms with Crippen LogP contribution in [0.1, 0.15) is 12.8 Å². The molecule has 1 fully saturated rings. The number of aromatic nitrogens is 3. The number of ether oxygens (including phenoxy) is 1. The molecule has 0 unspecified atom stereocenters. The van der Waals surface area contributed by atoms with E-state index >= 15 is 0 Å². The molecule has 0 aliphatic carbocycles. The fourth-order valence-corrected chi connectivity index (χ4v) is 2.32. The molecule has 20 heavy (non-hydrogen) atoms. The van der Waals surface area contributed by atoms with E-state index in [4.69, 9.17) is 4.74 Å². The fraction of sp³-hybridized carbons (Fsp3) is 0.400. The van der Waals surface area contributed by atoms with Crippen LogP contribution in [-0.4, -0.2) is 46.1 Å². The summed E-state index contributed by atoms with van der Waals surface area (Å²) in [4.78, 5) is 15.3. The summed E-state index contributed by atoms with van der Waals surface area (Å²) in [7, 11) is 0. The zero-order valence-electron chi connectivity index (χ0n) is 11.4. The van der Waals surface area contributed by atoms with E-state index in [0.717, 1.165) is 17.9 Å². The average Bonchev–Trinajstić information content (AvgIpc) is 3.02. The maximum absolute atomic E-state index is 5.62. The lowest BCUT2D eigenvalue weighted by Gasteiger charge is -2.14. The van der Waals surface area contributed by atoms with Crippen molar-refractivity contribution in [2.75, 3.05) is 26.2 Å². The lowest BCUT2D eigenvalue weighted by molar-refractivity contribution is 0.231. The van der Waals surface area contributed by atoms with Gasteiger partial charge in [-0.2, -0.15) is 0 Å². The molecule has 5 nitrogen and oxygen atoms in total. The quantitative estimate of drug-likeness (QED) is 0.832. The third-order valence-corrected chi connectivity index (χ3v) is 3.41. The van der Waals surface area contributed by atoms with E-state index in [-0.39, 0.29) is 0 Å². The third-order valence-electron chi connectivity index (χ3n) is 3.41. The van der Waals surface area contributed by atoms with E-state index < -0.39 is 0 Å². The van der Waals surface area contributed by atoms with Crippen molar-refractivity contribution in [3.63, 3.8) is 0 Å². The molecular weight excluding hydrogens is 252 g/mol. The van der Waals surface area contributed by atoms with Crippen molar-refractivity contribution in [2.45, 2.75) is 12.8 Å². The first-order valence-corrected chi connectivity index (χ1v) is 7.00. The van der Waals surface area contributed by atoms with Gasteiger partial charge in [0.05, 0.1) is 18.1 Å². The maximum Gasteiger partial charge on any atom is 0.232 e. The van der Waals surface area contributed by atoms with Crippen molar-refractivity contribution < 1.29 is 4.74 Å². The Balaban J connectivity index is 1.53. The monoisotopic (exact) mass is 270 g/mol. The molecule has 0 bridgehead atoms. The lowest BCUT2D eigenvalue weighted by atomic mass is 10.3. The largest absolute Gasteiger partial charge is 0.475 e. The highest BCUT2D eigenvalue weighted by molar-refractivity contribution is 5.51. The molecule has 0 aromatic carbocycles. The summed E-state index contributed by atoms with van der Waals surface area (Å²) in [5, 5.41) is 0. The molecular formula is C15H18N4O. The molecule has 3 rings (SSSR count). The summed E-state index contributed by atoms with van der Waals surface area (Å²) in [5.41, 5.74) is 1.58. The Morgan fingerprint density at radius 3 is 2.60 bits per heavy atom. The summed E-state index contributed by atoms with van der Waals surface area (Å²) < 4.78 is 5.62. The van der Waals surface area contributed by atoms with Crippen LogP contribution < -0.4 is 4.74 Å². The van der Waals surface area contributed by atoms with E-state index in [9.17, 15) is 0 Å². The Labute approximate surface area is 118 Å². The van der Waals surface area contributed by atoms with E-state index in [1.807, 2.05) is 18.2 Å². The topological polar surface area (TPSA) is 51.1 Å². The van der Waals surface area contributed by atoms with Gasteiger partial charge in [0, 0.05) is 12.7 Å². The minimum atomic E-state index is 0.573. The highest BCUT2D eigenvalue weighted by atomic mass is 16.5. The molecule has 5 heteroatoms. The van der Waals surface area contributed by atoms with Crippen molar-refractivity contribution in [1.82, 2.24) is 19.9 Å². The van der Waals surface area contributed by atoms with Gasteiger partial charge in [0.15, 0.2) is 0 Å². The third kappa shape index (κ3) is 3.30. The Hall–Kier alpha value is -2.01. The molecule has 2 aromatic heterocycles. The Morgan fingerprint density at radius 1 is 1.00 bits per heavy atom. The van der Waals surface area contributed by atoms with Gasteiger partial charge >= 0.3 is 0 Å². The molecule has 1 saturated heterocycles. The Morgan fingerprint density at radius 2 is 1.90 bits per heavy atom. The molecule has 0 radical (unpaired) electrons. The Kier molecular flexibility index (Phi) is 4.18. The van der Waals surface area contributed by atoms with Crippen LogP contribution in [0.4, 0.5) is 0 Å². The zero-order valence-corrected chi connectivity index (χ0v) is 11.4. The van der Waals surface area contributed by atoms with Gasteiger partial charge in [-0.1, -0.05) is 6.07 Å². The van der Waals surface area contributed by atoms with Gasteiger partial charge in [-0.3, -0.25) is 9.88 Å². The predicted octanol–water partition coefficient (Wildman–Crippen LogP) is 2.01. The lowest BCUT2D eigenvalue weighted by Crippen LogP contribution is -2.25. The standard InChI is InChI=1S/C15H18N4O/c1-2-6-16-13(5-1)14-11-18-15(12-17-14)20-10-9-19-7-3-4-8-19/h1-2,5-6,11-12H,3-4,7-10H2. The van der Waals surface area contributed by atoms with Gasteiger partial charge in [-0.05, 0) is 38.1 Å². The maximum atomic E-state index is 5.62. The Bertz CT molecular complexity index is 523. The normalized spacial score (nSPS) is 15.4. The molecule has 1 aliphatic heterocycles. The molecule has 0 saturated carbocycles. The number of pyridine rings is 1. The van der Waals surface area contributed by atoms with Crippen LogP contribution in [0.3, 0.4) is 0 Å². The van der Waals surface area contributed by atoms with Crippen LogP contribution in [0.2, 0.25) is 0 Å². The van der Waals surface area contributed by atoms with Gasteiger partial charge in [0.25, 0.3) is 0 Å². The van der Waals surface area contributed by atoms with Crippen molar-refractivity contribution in [3.8, 4) is 17.3 Å². The van der Waals surface area contributed by atoms with Crippen molar-refractivity contribution in [2.24, 2.45) is 0 Å². The van der Waals surface area contributed by atoms with Gasteiger partial charge in [0.2, 0.25) is 5.88 Å². The second-order valence-corrected chi connectivity index (χ2v) is 4.85. The van der Waals surface area contributed by atoms with Crippen LogP contribution in [0.5, 0.6) is 5.88 Å². The van der Waals surface area contributed by atoms with Crippen molar-refractivity contribution in [1.29, 1.82) is 0 Å². The average molecular weight is 270 g/mol. The summed E-state index contributed by atoms with van der Waals surface area (Å²) in [6, 6.07) is 5.73. The van der Waals surface area contributed by atoms with Crippen LogP contribution in [0, 0.1) is 0 Å². The SMILES string of the molecule is c1ccc(-c2cnc(OCCN3CCCC3)cn2)nc1. The van der Waals surface area contributed by atoms with Crippen LogP contribution in [0.25, 0.3) is 11.4 Å². The highest BCUT2D eigenvalue weighted by Gasteiger charge is 2.11. The van der Waals surface area contributed by atoms with Crippen molar-refractivity contribution >= 4 is 0 Å². The molecule has 2 aromatic rings. The number of hydrogen-bond donors (Lipinski definition) is 0. The van der Waals surface area contributed by atoms with Gasteiger partial charge in [-0.15, -0.1) is 0 Å². The molecule has 104 valence electrons. The van der Waals surface area contributed by atoms with Crippen LogP contribution >= 0.6 is 0 Å². The molecule has 0 N–H and O–H groups in total. The highest BCUT2D eigenvalue weighted by Crippen LogP contribution is 2.14. The number of nitrogens with zero attached hydrogens (tertiary/aromatic N) is 4. The number of hydrogen-bond acceptors (Lipinski definition) is 5. The van der Waals surface area contributed by atoms with E-state index in [1.165, 1.54) is 25.9 Å². The van der Waals surface area contributed by atoms with Gasteiger partial charge in [-0.25, -0.2) is 9.97 Å². The first kappa shape index (κ1) is 13.0. The predicted molar refractivity (Wildman–Crippen MR) is 76.4 cm³/mol. The second kappa shape index (κ2) is 6.43. The summed E-state index contributed by atoms with van der Waals surface area (Å²) in [5.74, 6) is 0.573. The summed E-state index contributed by atoms with van der Waals surface area (Å²) in [6.07, 6.45) is 7.72. The van der Waals surface area contributed by atoms with Gasteiger partial charge in [0.1, 0.15) is 12.3 Å². The molecule has 0 spiro atoms. The second-order valence-electron chi connectivity index (χ2n) is 4.85. The minimum absolute atomic E-state index is 0.573. The van der Waals surface area contributed by atoms with Crippen LogP contribution in [0.15, 0.2) is 36.8 Å². The number of rotatable bonds is 5. The minimum Gasteiger partial charge on any atom is -0.475 e. The molecule has 3 heterocycles. The molecule has 0 amide bonds. The molecule has 1 aliphatic rings. The first-order valence-electron chi connectivity index (χ1n) is 7.00. The zero-order chi connectivity index (χ0) is 13.6. The smallest absolute Gasteiger partial charge is 0.232 e. The first-order chi connectivity index (χ1) is 9.92. The molecule has 0 atom stereocenters. The van der Waals surface area contributed by atoms with E-state index in [1.54, 1.807) is 18.6 Å².